The lowest BCUT2D eigenvalue weighted by atomic mass is 9.45. The molecule has 3 saturated carbocycles. The number of nitrogens with one attached hydrogen (secondary N) is 1. The molecule has 0 heterocycles. The number of unbranched alkanes of at least 4 members (excludes halogenated alkanes) is 7. The van der Waals surface area contributed by atoms with E-state index in [1.807, 2.05) is 38.2 Å². The number of carbonyl (C=O) groups excluding carboxylic acids is 2. The van der Waals surface area contributed by atoms with Crippen LogP contribution in [0.15, 0.2) is 48.1 Å². The van der Waals surface area contributed by atoms with Gasteiger partial charge in [0.15, 0.2) is 16.6 Å². The Bertz CT molecular complexity index is 1460. The molecule has 0 amide bonds. The van der Waals surface area contributed by atoms with Gasteiger partial charge in [0, 0.05) is 41.9 Å². The second-order valence-electron chi connectivity index (χ2n) is 15.2. The van der Waals surface area contributed by atoms with Gasteiger partial charge in [-0.05, 0) is 92.2 Å². The number of carbonyl (C=O) groups is 2. The standard InChI is InChI=1S/C38H54F2NO6PS/c1-36-24-34(43)38(40)31(23-33(39)32-22-28(42)18-19-37(32,38)2)29(36)16-17-30(36)35(44)49-21-11-9-7-5-4-6-8-10-20-48(45,46)47-25-26-12-14-27(41-3)15-13-26/h12-15,18-19,22,29-31,33-34,41,43H,4-11,16-17,20-21,23-25H2,1-3H3,(H,45,46)/t29?,30-,31+,33+,34+,36+,37+,38+/m1/s1. The van der Waals surface area contributed by atoms with Crippen LogP contribution in [0.25, 0.3) is 0 Å². The molecule has 4 aliphatic carbocycles. The van der Waals surface area contributed by atoms with Crippen molar-refractivity contribution in [1.82, 2.24) is 0 Å². The lowest BCUT2D eigenvalue weighted by molar-refractivity contribution is -0.201. The van der Waals surface area contributed by atoms with Gasteiger partial charge in [0.05, 0.1) is 12.7 Å². The SMILES string of the molecule is CNc1ccc(COP(=O)(O)CCCCCCCCCCSC(=O)[C@H]2CCC3[C@@H]4C[C@H](F)C5=CC(=O)C=C[C@]5(C)[C@@]4(F)[C@@H](O)C[C@@]32C)cc1. The van der Waals surface area contributed by atoms with Gasteiger partial charge in [0.25, 0.3) is 0 Å². The van der Waals surface area contributed by atoms with Gasteiger partial charge in [-0.1, -0.05) is 75.4 Å². The highest BCUT2D eigenvalue weighted by Gasteiger charge is 2.72. The van der Waals surface area contributed by atoms with Crippen LogP contribution in [0.3, 0.4) is 0 Å². The number of benzene rings is 1. The Kier molecular flexibility index (Phi) is 12.4. The average Bonchev–Trinajstić information content (AvgIpc) is 3.41. The molecule has 49 heavy (non-hydrogen) atoms. The molecular formula is C38H54F2NO6PS. The Morgan fingerprint density at radius 2 is 1.69 bits per heavy atom. The number of fused-ring (bicyclic) bond motifs is 5. The second-order valence-corrected chi connectivity index (χ2v) is 18.2. The van der Waals surface area contributed by atoms with Gasteiger partial charge in [0.1, 0.15) is 6.17 Å². The van der Waals surface area contributed by atoms with Crippen molar-refractivity contribution in [2.24, 2.45) is 28.6 Å². The van der Waals surface area contributed by atoms with E-state index in [0.717, 1.165) is 61.9 Å². The fourth-order valence-corrected chi connectivity index (χ4v) is 11.6. The Labute approximate surface area is 294 Å². The third-order valence-electron chi connectivity index (χ3n) is 12.2. The van der Waals surface area contributed by atoms with E-state index in [2.05, 4.69) is 5.32 Å². The van der Waals surface area contributed by atoms with Crippen LogP contribution in [-0.4, -0.2) is 57.8 Å². The highest BCUT2D eigenvalue weighted by Crippen LogP contribution is 2.69. The van der Waals surface area contributed by atoms with Crippen LogP contribution in [-0.2, 0) is 25.3 Å². The first-order valence-corrected chi connectivity index (χ1v) is 20.9. The number of aliphatic hydroxyl groups excluding tert-OH is 1. The molecule has 0 saturated heterocycles. The lowest BCUT2D eigenvalue weighted by Gasteiger charge is -2.62. The molecule has 9 atom stereocenters. The lowest BCUT2D eigenvalue weighted by Crippen LogP contribution is -2.68. The first-order chi connectivity index (χ1) is 23.2. The van der Waals surface area contributed by atoms with E-state index in [9.17, 15) is 24.2 Å². The molecular weight excluding hydrogens is 667 g/mol. The first kappa shape index (κ1) is 38.4. The summed E-state index contributed by atoms with van der Waals surface area (Å²) < 4.78 is 50.5. The number of allylic oxidation sites excluding steroid dienone is 4. The van der Waals surface area contributed by atoms with Crippen LogP contribution >= 0.6 is 19.4 Å². The Hall–Kier alpha value is -1.84. The Morgan fingerprint density at radius 1 is 1.04 bits per heavy atom. The van der Waals surface area contributed by atoms with Gasteiger partial charge in [-0.2, -0.15) is 0 Å². The molecule has 5 rings (SSSR count). The number of hydrogen-bond acceptors (Lipinski definition) is 7. The number of rotatable bonds is 16. The van der Waals surface area contributed by atoms with E-state index < -0.39 is 42.3 Å². The van der Waals surface area contributed by atoms with Gasteiger partial charge in [0.2, 0.25) is 0 Å². The van der Waals surface area contributed by atoms with Crippen LogP contribution in [0.1, 0.15) is 96.5 Å². The molecule has 0 bridgehead atoms. The molecule has 7 nitrogen and oxygen atoms in total. The summed E-state index contributed by atoms with van der Waals surface area (Å²) in [5.74, 6) is -0.867. The van der Waals surface area contributed by atoms with Gasteiger partial charge >= 0.3 is 7.60 Å². The molecule has 0 aliphatic heterocycles. The molecule has 4 aliphatic rings. The molecule has 3 fully saturated rings. The number of thioether (sulfide) groups is 1. The molecule has 0 spiro atoms. The maximum absolute atomic E-state index is 17.2. The van der Waals surface area contributed by atoms with Crippen LogP contribution in [0.2, 0.25) is 0 Å². The van der Waals surface area contributed by atoms with Gasteiger partial charge in [-0.3, -0.25) is 14.2 Å². The number of halogens is 2. The molecule has 1 aromatic rings. The molecule has 272 valence electrons. The molecule has 2 unspecified atom stereocenters. The summed E-state index contributed by atoms with van der Waals surface area (Å²) in [6, 6.07) is 7.56. The fraction of sp³-hybridized carbons (Fsp3) is 0.684. The molecule has 1 aromatic carbocycles. The van der Waals surface area contributed by atoms with E-state index in [4.69, 9.17) is 4.52 Å². The quantitative estimate of drug-likeness (QED) is 0.115. The predicted octanol–water partition coefficient (Wildman–Crippen LogP) is 8.75. The minimum absolute atomic E-state index is 0.0753. The smallest absolute Gasteiger partial charge is 0.328 e. The van der Waals surface area contributed by atoms with Crippen molar-refractivity contribution in [2.45, 2.75) is 115 Å². The summed E-state index contributed by atoms with van der Waals surface area (Å²) in [6.45, 7) is 3.72. The van der Waals surface area contributed by atoms with Crippen molar-refractivity contribution in [1.29, 1.82) is 0 Å². The largest absolute Gasteiger partial charge is 0.390 e. The minimum atomic E-state index is -3.61. The predicted molar refractivity (Wildman–Crippen MR) is 192 cm³/mol. The van der Waals surface area contributed by atoms with Gasteiger partial charge < -0.3 is 19.8 Å². The maximum atomic E-state index is 17.2. The molecule has 11 heteroatoms. The van der Waals surface area contributed by atoms with E-state index in [1.165, 1.54) is 30.0 Å². The third kappa shape index (κ3) is 7.99. The summed E-state index contributed by atoms with van der Waals surface area (Å²) in [5.41, 5.74) is -2.12. The van der Waals surface area contributed by atoms with Crippen LogP contribution in [0.5, 0.6) is 0 Å². The summed E-state index contributed by atoms with van der Waals surface area (Å²) in [6.07, 6.45) is 10.3. The monoisotopic (exact) mass is 721 g/mol. The number of ketones is 1. The highest BCUT2D eigenvalue weighted by molar-refractivity contribution is 8.13. The average molecular weight is 722 g/mol. The zero-order chi connectivity index (χ0) is 35.5. The zero-order valence-electron chi connectivity index (χ0n) is 29.2. The summed E-state index contributed by atoms with van der Waals surface area (Å²) in [7, 11) is -1.77. The second kappa shape index (κ2) is 15.8. The van der Waals surface area contributed by atoms with Crippen LogP contribution in [0, 0.1) is 28.6 Å². The van der Waals surface area contributed by atoms with Crippen LogP contribution in [0.4, 0.5) is 14.5 Å². The van der Waals surface area contributed by atoms with E-state index in [1.54, 1.807) is 6.92 Å². The zero-order valence-corrected chi connectivity index (χ0v) is 30.9. The van der Waals surface area contributed by atoms with Gasteiger partial charge in [-0.25, -0.2) is 8.78 Å². The summed E-state index contributed by atoms with van der Waals surface area (Å²) >= 11 is 1.35. The molecule has 0 aromatic heterocycles. The summed E-state index contributed by atoms with van der Waals surface area (Å²) in [4.78, 5) is 35.7. The minimum Gasteiger partial charge on any atom is -0.390 e. The number of hydrogen-bond donors (Lipinski definition) is 3. The number of anilines is 1. The third-order valence-corrected chi connectivity index (χ3v) is 14.6. The topological polar surface area (TPSA) is 113 Å². The van der Waals surface area contributed by atoms with Crippen molar-refractivity contribution < 1.29 is 37.5 Å². The summed E-state index contributed by atoms with van der Waals surface area (Å²) in [5, 5.41) is 14.6. The Balaban J connectivity index is 0.975. The normalized spacial score (nSPS) is 34.8. The van der Waals surface area contributed by atoms with Crippen molar-refractivity contribution in [3.05, 3.63) is 53.6 Å². The first-order valence-electron chi connectivity index (χ1n) is 18.1. The van der Waals surface area contributed by atoms with Crippen molar-refractivity contribution >= 4 is 35.9 Å². The Morgan fingerprint density at radius 3 is 2.37 bits per heavy atom. The molecule has 3 N–H and O–H groups in total. The van der Waals surface area contributed by atoms with Crippen molar-refractivity contribution in [3.63, 3.8) is 0 Å². The van der Waals surface area contributed by atoms with E-state index in [0.29, 0.717) is 19.3 Å². The fourth-order valence-electron chi connectivity index (χ4n) is 9.34. The van der Waals surface area contributed by atoms with Crippen LogP contribution < -0.4 is 5.32 Å². The molecule has 0 radical (unpaired) electrons. The maximum Gasteiger partial charge on any atom is 0.328 e. The highest BCUT2D eigenvalue weighted by atomic mass is 32.2. The number of alkyl halides is 2. The van der Waals surface area contributed by atoms with E-state index >= 15 is 8.78 Å². The van der Waals surface area contributed by atoms with Crippen molar-refractivity contribution in [2.75, 3.05) is 24.3 Å². The van der Waals surface area contributed by atoms with Gasteiger partial charge in [-0.15, -0.1) is 0 Å². The number of aliphatic hydroxyl groups is 1. The van der Waals surface area contributed by atoms with E-state index in [-0.39, 0.29) is 53.9 Å². The van der Waals surface area contributed by atoms with Crippen molar-refractivity contribution in [3.8, 4) is 0 Å².